The van der Waals surface area contributed by atoms with Crippen LogP contribution in [0.25, 0.3) is 6.08 Å². The summed E-state index contributed by atoms with van der Waals surface area (Å²) in [4.78, 5) is 48.6. The number of rotatable bonds is 5. The number of halogens is 2. The average Bonchev–Trinajstić information content (AvgIpc) is 2.93. The molecule has 1 heterocycles. The molecule has 3 rings (SSSR count). The fourth-order valence-corrected chi connectivity index (χ4v) is 4.01. The summed E-state index contributed by atoms with van der Waals surface area (Å²) in [7, 11) is 0. The first-order valence-electron chi connectivity index (χ1n) is 8.41. The van der Waals surface area contributed by atoms with E-state index in [0.29, 0.717) is 32.5 Å². The molecule has 0 saturated carbocycles. The Balaban J connectivity index is 1.75. The van der Waals surface area contributed by atoms with E-state index >= 15 is 0 Å². The van der Waals surface area contributed by atoms with Crippen LogP contribution in [0.1, 0.15) is 11.1 Å². The minimum Gasteiger partial charge on any atom is -0.324 e. The molecule has 154 valence electrons. The highest BCUT2D eigenvalue weighted by atomic mass is 79.9. The second-order valence-corrected chi connectivity index (χ2v) is 8.53. The van der Waals surface area contributed by atoms with Crippen molar-refractivity contribution in [3.05, 3.63) is 72.0 Å². The van der Waals surface area contributed by atoms with Gasteiger partial charge in [0.1, 0.15) is 6.54 Å². The van der Waals surface area contributed by atoms with Gasteiger partial charge in [-0.05, 0) is 70.0 Å². The number of amides is 3. The van der Waals surface area contributed by atoms with E-state index in [1.165, 1.54) is 18.2 Å². The van der Waals surface area contributed by atoms with Crippen LogP contribution in [0.4, 0.5) is 16.2 Å². The molecule has 0 aromatic heterocycles. The molecule has 8 nitrogen and oxygen atoms in total. The lowest BCUT2D eigenvalue weighted by atomic mass is 10.2. The van der Waals surface area contributed by atoms with E-state index < -0.39 is 28.5 Å². The van der Waals surface area contributed by atoms with Crippen LogP contribution in [0.2, 0.25) is 5.02 Å². The number of imide groups is 1. The number of carbonyl (C=O) groups excluding carboxylic acids is 3. The number of hydrogen-bond donors (Lipinski definition) is 1. The Labute approximate surface area is 188 Å². The molecular formula is C19H13BrClN3O5S. The van der Waals surface area contributed by atoms with Crippen molar-refractivity contribution >= 4 is 73.8 Å². The lowest BCUT2D eigenvalue weighted by molar-refractivity contribution is -0.385. The first-order valence-corrected chi connectivity index (χ1v) is 10.4. The van der Waals surface area contributed by atoms with Crippen LogP contribution >= 0.6 is 39.3 Å². The van der Waals surface area contributed by atoms with Crippen molar-refractivity contribution in [3.63, 3.8) is 0 Å². The maximum atomic E-state index is 12.6. The van der Waals surface area contributed by atoms with Gasteiger partial charge in [-0.1, -0.05) is 23.7 Å². The van der Waals surface area contributed by atoms with Gasteiger partial charge in [-0.3, -0.25) is 29.4 Å². The normalized spacial score (nSPS) is 15.0. The molecule has 1 saturated heterocycles. The molecule has 2 aromatic rings. The van der Waals surface area contributed by atoms with Gasteiger partial charge in [-0.25, -0.2) is 0 Å². The van der Waals surface area contributed by atoms with E-state index in [1.807, 2.05) is 0 Å². The summed E-state index contributed by atoms with van der Waals surface area (Å²) < 4.78 is 0.297. The quantitative estimate of drug-likeness (QED) is 0.345. The number of hydrogen-bond acceptors (Lipinski definition) is 6. The SMILES string of the molecule is Cc1ccc(Cl)cc1NC(=O)CN1C(=O)S/C(=C\c2ccc(Br)c([N+](=O)[O-])c2)C1=O. The number of anilines is 1. The molecule has 0 aliphatic carbocycles. The second-order valence-electron chi connectivity index (χ2n) is 6.24. The summed E-state index contributed by atoms with van der Waals surface area (Å²) in [6, 6.07) is 9.32. The van der Waals surface area contributed by atoms with Gasteiger partial charge < -0.3 is 5.32 Å². The summed E-state index contributed by atoms with van der Waals surface area (Å²) >= 11 is 9.68. The smallest absolute Gasteiger partial charge is 0.294 e. The number of thioether (sulfide) groups is 1. The molecular weight excluding hydrogens is 498 g/mol. The van der Waals surface area contributed by atoms with Gasteiger partial charge in [-0.15, -0.1) is 0 Å². The third-order valence-electron chi connectivity index (χ3n) is 4.11. The van der Waals surface area contributed by atoms with Crippen LogP contribution in [0.5, 0.6) is 0 Å². The molecule has 1 N–H and O–H groups in total. The Morgan fingerprint density at radius 3 is 2.73 bits per heavy atom. The fraction of sp³-hybridized carbons (Fsp3) is 0.105. The number of carbonyl (C=O) groups is 3. The number of benzene rings is 2. The highest BCUT2D eigenvalue weighted by Crippen LogP contribution is 2.34. The van der Waals surface area contributed by atoms with Crippen LogP contribution in [-0.4, -0.2) is 33.4 Å². The molecule has 0 spiro atoms. The zero-order valence-corrected chi connectivity index (χ0v) is 18.5. The van der Waals surface area contributed by atoms with Crippen molar-refractivity contribution in [2.75, 3.05) is 11.9 Å². The third kappa shape index (κ3) is 4.89. The van der Waals surface area contributed by atoms with Gasteiger partial charge >= 0.3 is 0 Å². The minimum atomic E-state index is -0.645. The second kappa shape index (κ2) is 8.99. The zero-order chi connectivity index (χ0) is 22.0. The first kappa shape index (κ1) is 22.0. The predicted octanol–water partition coefficient (Wildman–Crippen LogP) is 4.99. The van der Waals surface area contributed by atoms with E-state index in [4.69, 9.17) is 11.6 Å². The van der Waals surface area contributed by atoms with Crippen LogP contribution in [0.15, 0.2) is 45.8 Å². The molecule has 0 bridgehead atoms. The number of aryl methyl sites for hydroxylation is 1. The number of nitrogens with one attached hydrogen (secondary N) is 1. The van der Waals surface area contributed by atoms with Crippen molar-refractivity contribution in [1.82, 2.24) is 4.90 Å². The van der Waals surface area contributed by atoms with E-state index in [0.717, 1.165) is 10.5 Å². The molecule has 30 heavy (non-hydrogen) atoms. The average molecular weight is 511 g/mol. The minimum absolute atomic E-state index is 0.0726. The molecule has 1 aliphatic heterocycles. The highest BCUT2D eigenvalue weighted by molar-refractivity contribution is 9.10. The Morgan fingerprint density at radius 1 is 1.30 bits per heavy atom. The summed E-state index contributed by atoms with van der Waals surface area (Å²) in [6.45, 7) is 1.32. The van der Waals surface area contributed by atoms with Gasteiger partial charge in [0.2, 0.25) is 5.91 Å². The summed E-state index contributed by atoms with van der Waals surface area (Å²) in [5.41, 5.74) is 1.48. The van der Waals surface area contributed by atoms with Crippen LogP contribution < -0.4 is 5.32 Å². The molecule has 0 radical (unpaired) electrons. The van der Waals surface area contributed by atoms with E-state index in [1.54, 1.807) is 31.2 Å². The van der Waals surface area contributed by atoms with E-state index in [9.17, 15) is 24.5 Å². The zero-order valence-electron chi connectivity index (χ0n) is 15.3. The Morgan fingerprint density at radius 2 is 2.03 bits per heavy atom. The van der Waals surface area contributed by atoms with Crippen molar-refractivity contribution < 1.29 is 19.3 Å². The Kier molecular flexibility index (Phi) is 6.59. The summed E-state index contributed by atoms with van der Waals surface area (Å²) in [5.74, 6) is -1.20. The predicted molar refractivity (Wildman–Crippen MR) is 118 cm³/mol. The lowest BCUT2D eigenvalue weighted by Crippen LogP contribution is -2.36. The van der Waals surface area contributed by atoms with Crippen LogP contribution in [-0.2, 0) is 9.59 Å². The van der Waals surface area contributed by atoms with Crippen LogP contribution in [0, 0.1) is 17.0 Å². The Bertz CT molecular complexity index is 1120. The van der Waals surface area contributed by atoms with E-state index in [-0.39, 0.29) is 10.6 Å². The standard InChI is InChI=1S/C19H13BrClN3O5S/c1-10-2-4-12(21)8-14(10)22-17(25)9-23-18(26)16(30-19(23)27)7-11-3-5-13(20)15(6-11)24(28)29/h2-8H,9H2,1H3,(H,22,25)/b16-7-. The molecule has 0 unspecified atom stereocenters. The number of nitro benzene ring substituents is 1. The summed E-state index contributed by atoms with van der Waals surface area (Å²) in [6.07, 6.45) is 1.38. The monoisotopic (exact) mass is 509 g/mol. The van der Waals surface area contributed by atoms with Crippen molar-refractivity contribution in [3.8, 4) is 0 Å². The van der Waals surface area contributed by atoms with Crippen molar-refractivity contribution in [2.24, 2.45) is 0 Å². The van der Waals surface area contributed by atoms with Gasteiger partial charge in [-0.2, -0.15) is 0 Å². The maximum Gasteiger partial charge on any atom is 0.294 e. The molecule has 1 fully saturated rings. The molecule has 11 heteroatoms. The molecule has 3 amide bonds. The summed E-state index contributed by atoms with van der Waals surface area (Å²) in [5, 5.41) is 13.5. The van der Waals surface area contributed by atoms with Crippen molar-refractivity contribution in [2.45, 2.75) is 6.92 Å². The maximum absolute atomic E-state index is 12.6. The third-order valence-corrected chi connectivity index (χ3v) is 5.93. The van der Waals surface area contributed by atoms with Crippen molar-refractivity contribution in [1.29, 1.82) is 0 Å². The molecule has 1 aliphatic rings. The van der Waals surface area contributed by atoms with Gasteiger partial charge in [0.15, 0.2) is 0 Å². The Hall–Kier alpha value is -2.69. The number of nitro groups is 1. The largest absolute Gasteiger partial charge is 0.324 e. The first-order chi connectivity index (χ1) is 14.2. The molecule has 0 atom stereocenters. The van der Waals surface area contributed by atoms with Gasteiger partial charge in [0.25, 0.3) is 16.8 Å². The van der Waals surface area contributed by atoms with E-state index in [2.05, 4.69) is 21.2 Å². The van der Waals surface area contributed by atoms with Gasteiger partial charge in [0.05, 0.1) is 14.3 Å². The van der Waals surface area contributed by atoms with Crippen LogP contribution in [0.3, 0.4) is 0 Å². The topological polar surface area (TPSA) is 110 Å². The fourth-order valence-electron chi connectivity index (χ4n) is 2.61. The van der Waals surface area contributed by atoms with Gasteiger partial charge in [0, 0.05) is 16.8 Å². The highest BCUT2D eigenvalue weighted by Gasteiger charge is 2.36. The lowest BCUT2D eigenvalue weighted by Gasteiger charge is -2.13. The molecule has 2 aromatic carbocycles. The number of nitrogens with zero attached hydrogens (tertiary/aromatic N) is 2.